The normalized spacial score (nSPS) is 25.5. The molecule has 54 heavy (non-hydrogen) atoms. The van der Waals surface area contributed by atoms with E-state index in [0.717, 1.165) is 28.3 Å². The molecular formula is C45H56O8S. The summed E-state index contributed by atoms with van der Waals surface area (Å²) in [4.78, 5) is 46.0. The number of allylic oxidation sites excluding steroid dienone is 8. The maximum atomic E-state index is 15.6. The Bertz CT molecular complexity index is 2100. The van der Waals surface area contributed by atoms with Gasteiger partial charge in [0.05, 0.1) is 5.41 Å². The molecule has 290 valence electrons. The number of hydrogen-bond acceptors (Lipinski definition) is 8. The van der Waals surface area contributed by atoms with E-state index in [9.17, 15) is 13.5 Å². The molecular weight excluding hydrogens is 701 g/mol. The lowest BCUT2D eigenvalue weighted by molar-refractivity contribution is -0.188. The number of carbonyl (C=O) groups is 3. The van der Waals surface area contributed by atoms with Crippen molar-refractivity contribution in [3.05, 3.63) is 99.9 Å². The predicted octanol–water partition coefficient (Wildman–Crippen LogP) is 9.96. The zero-order valence-corrected chi connectivity index (χ0v) is 34.5. The number of aromatic hydroxyl groups is 1. The van der Waals surface area contributed by atoms with Crippen molar-refractivity contribution in [3.8, 4) is 11.5 Å². The molecule has 2 aliphatic carbocycles. The van der Waals surface area contributed by atoms with Crippen LogP contribution >= 0.6 is 0 Å². The summed E-state index contributed by atoms with van der Waals surface area (Å²) >= 11 is 0. The highest BCUT2D eigenvalue weighted by atomic mass is 32.2. The monoisotopic (exact) mass is 756 g/mol. The van der Waals surface area contributed by atoms with Gasteiger partial charge in [0.2, 0.25) is 0 Å². The van der Waals surface area contributed by atoms with Crippen molar-refractivity contribution < 1.29 is 36.8 Å². The van der Waals surface area contributed by atoms with Crippen LogP contribution in [0.3, 0.4) is 0 Å². The minimum absolute atomic E-state index is 0.0790. The molecule has 0 amide bonds. The van der Waals surface area contributed by atoms with Crippen molar-refractivity contribution in [2.75, 3.05) is 0 Å². The number of Topliss-reactive ketones (excluding diaryl/α,β-unsaturated/α-hetero) is 3. The Morgan fingerprint density at radius 2 is 1.41 bits per heavy atom. The van der Waals surface area contributed by atoms with E-state index in [-0.39, 0.29) is 45.8 Å². The van der Waals surface area contributed by atoms with Crippen LogP contribution in [0.15, 0.2) is 93.6 Å². The number of ketones is 3. The smallest absolute Gasteiger partial charge is 0.339 e. The van der Waals surface area contributed by atoms with Gasteiger partial charge in [0.15, 0.2) is 28.8 Å². The van der Waals surface area contributed by atoms with E-state index in [4.69, 9.17) is 8.92 Å². The zero-order chi connectivity index (χ0) is 40.2. The number of aryl methyl sites for hydroxylation is 1. The van der Waals surface area contributed by atoms with Crippen molar-refractivity contribution in [2.24, 2.45) is 28.1 Å². The number of benzene rings is 2. The van der Waals surface area contributed by atoms with E-state index in [0.29, 0.717) is 25.7 Å². The topological polar surface area (TPSA) is 124 Å². The second kappa shape index (κ2) is 14.4. The van der Waals surface area contributed by atoms with Gasteiger partial charge in [-0.1, -0.05) is 66.5 Å². The predicted molar refractivity (Wildman–Crippen MR) is 211 cm³/mol. The second-order valence-electron chi connectivity index (χ2n) is 17.5. The Labute approximate surface area is 321 Å². The van der Waals surface area contributed by atoms with Crippen LogP contribution in [-0.2, 0) is 24.4 Å². The fraction of sp³-hybridized carbons (Fsp3) is 0.489. The third-order valence-corrected chi connectivity index (χ3v) is 13.4. The Balaban J connectivity index is 1.76. The van der Waals surface area contributed by atoms with Gasteiger partial charge in [-0.25, -0.2) is 0 Å². The molecule has 1 spiro atoms. The average Bonchev–Trinajstić information content (AvgIpc) is 3.06. The molecule has 2 fully saturated rings. The van der Waals surface area contributed by atoms with Gasteiger partial charge < -0.3 is 14.0 Å². The summed E-state index contributed by atoms with van der Waals surface area (Å²) in [6.07, 6.45) is 8.48. The maximum Gasteiger partial charge on any atom is 0.339 e. The number of phenolic OH excluding ortho intramolecular Hbond substituents is 1. The molecule has 1 heterocycles. The Hall–Kier alpha value is -4.24. The minimum Gasteiger partial charge on any atom is -0.504 e. The lowest BCUT2D eigenvalue weighted by atomic mass is 9.39. The van der Waals surface area contributed by atoms with Crippen molar-refractivity contribution in [2.45, 2.75) is 119 Å². The molecule has 9 heteroatoms. The summed E-state index contributed by atoms with van der Waals surface area (Å²) in [5.41, 5.74) is -0.755. The Morgan fingerprint density at radius 1 is 0.852 bits per heavy atom. The molecule has 3 aliphatic rings. The lowest BCUT2D eigenvalue weighted by Gasteiger charge is -2.64. The number of hydrogen-bond donors (Lipinski definition) is 1. The van der Waals surface area contributed by atoms with E-state index in [1.165, 1.54) is 24.3 Å². The SMILES string of the molecule is CC(C)=CC[C@H]1C[C@@]23C[C@@H](CC=C(C)C)C(C)(C)[C@@](CC=C(C)C)(C(=O)C(C(=O)c4ccc(O)c(OS(=O)(=O)c5ccc(C)cc5)c4)=C2OC1(C)C)C3=O. The molecule has 0 aromatic heterocycles. The van der Waals surface area contributed by atoms with Gasteiger partial charge in [0.1, 0.15) is 27.2 Å². The number of carbonyl (C=O) groups excluding carboxylic acids is 3. The number of rotatable bonds is 11. The summed E-state index contributed by atoms with van der Waals surface area (Å²) < 4.78 is 38.8. The molecule has 2 aromatic carbocycles. The lowest BCUT2D eigenvalue weighted by Crippen LogP contribution is -2.69. The summed E-state index contributed by atoms with van der Waals surface area (Å²) in [6.45, 7) is 21.7. The second-order valence-corrected chi connectivity index (χ2v) is 19.0. The van der Waals surface area contributed by atoms with Gasteiger partial charge >= 0.3 is 10.1 Å². The summed E-state index contributed by atoms with van der Waals surface area (Å²) in [5.74, 6) is -2.56. The van der Waals surface area contributed by atoms with E-state index in [1.807, 2.05) is 82.2 Å². The van der Waals surface area contributed by atoms with Gasteiger partial charge in [-0.3, -0.25) is 14.4 Å². The molecule has 1 saturated heterocycles. The fourth-order valence-corrected chi connectivity index (χ4v) is 9.58. The van der Waals surface area contributed by atoms with Gasteiger partial charge in [-0.05, 0) is 136 Å². The van der Waals surface area contributed by atoms with Gasteiger partial charge in [0, 0.05) is 11.5 Å². The van der Waals surface area contributed by atoms with Gasteiger partial charge in [0.25, 0.3) is 0 Å². The van der Waals surface area contributed by atoms with Crippen LogP contribution in [0.5, 0.6) is 11.5 Å². The molecule has 4 atom stereocenters. The quantitative estimate of drug-likeness (QED) is 0.0790. The highest BCUT2D eigenvalue weighted by Gasteiger charge is 2.74. The molecule has 0 unspecified atom stereocenters. The molecule has 8 nitrogen and oxygen atoms in total. The van der Waals surface area contributed by atoms with Crippen LogP contribution in [0.25, 0.3) is 0 Å². The summed E-state index contributed by atoms with van der Waals surface area (Å²) in [6, 6.07) is 9.68. The Morgan fingerprint density at radius 3 is 1.98 bits per heavy atom. The first-order chi connectivity index (χ1) is 25.0. The number of fused-ring (bicyclic) bond motifs is 1. The molecule has 5 rings (SSSR count). The van der Waals surface area contributed by atoms with Crippen LogP contribution in [0.2, 0.25) is 0 Å². The third-order valence-electron chi connectivity index (χ3n) is 12.2. The van der Waals surface area contributed by atoms with E-state index < -0.39 is 55.0 Å². The standard InChI is InChI=1S/C45H56O8S/c1-27(2)12-17-32-25-44-26-33(18-13-28(3)4)43(10,11)52-40(44)37(39(48)45(41(44)49,42(32,8)9)23-22-29(5)6)38(47)31-16-21-35(46)36(24-31)53-54(50,51)34-19-14-30(7)15-20-34/h12-16,19-22,24,32-33,46H,17-18,23,25-26H2,1-11H3/t32-,33+,44+,45+/m1/s1. The highest BCUT2D eigenvalue weighted by Crippen LogP contribution is 2.69. The van der Waals surface area contributed by atoms with Crippen molar-refractivity contribution in [1.29, 1.82) is 0 Å². The van der Waals surface area contributed by atoms with Crippen LogP contribution in [0.1, 0.15) is 117 Å². The van der Waals surface area contributed by atoms with Gasteiger partial charge in [-0.15, -0.1) is 0 Å². The van der Waals surface area contributed by atoms with Crippen molar-refractivity contribution in [3.63, 3.8) is 0 Å². The minimum atomic E-state index is -4.40. The fourth-order valence-electron chi connectivity index (χ4n) is 8.65. The molecule has 2 aromatic rings. The first-order valence-electron chi connectivity index (χ1n) is 18.8. The Kier molecular flexibility index (Phi) is 10.9. The molecule has 2 bridgehead atoms. The number of phenols is 1. The molecule has 1 aliphatic heterocycles. The molecule has 1 saturated carbocycles. The summed E-state index contributed by atoms with van der Waals surface area (Å²) in [7, 11) is -4.40. The molecule has 1 N–H and O–H groups in total. The first kappa shape index (κ1) is 40.9. The molecule has 0 radical (unpaired) electrons. The highest BCUT2D eigenvalue weighted by molar-refractivity contribution is 7.87. The van der Waals surface area contributed by atoms with Crippen LogP contribution in [0, 0.1) is 35.0 Å². The third kappa shape index (κ3) is 7.04. The van der Waals surface area contributed by atoms with Gasteiger partial charge in [-0.2, -0.15) is 8.42 Å². The van der Waals surface area contributed by atoms with Crippen molar-refractivity contribution in [1.82, 2.24) is 0 Å². The van der Waals surface area contributed by atoms with E-state index in [2.05, 4.69) is 12.2 Å². The summed E-state index contributed by atoms with van der Waals surface area (Å²) in [5, 5.41) is 10.8. The van der Waals surface area contributed by atoms with Crippen molar-refractivity contribution >= 4 is 27.5 Å². The average molecular weight is 757 g/mol. The van der Waals surface area contributed by atoms with Crippen LogP contribution < -0.4 is 4.18 Å². The largest absolute Gasteiger partial charge is 0.504 e. The van der Waals surface area contributed by atoms with E-state index >= 15 is 14.4 Å². The van der Waals surface area contributed by atoms with E-state index in [1.54, 1.807) is 12.1 Å². The first-order valence-corrected chi connectivity index (χ1v) is 20.2. The number of ether oxygens (including phenoxy) is 1. The maximum absolute atomic E-state index is 15.6. The van der Waals surface area contributed by atoms with Crippen LogP contribution in [-0.4, -0.2) is 36.5 Å². The van der Waals surface area contributed by atoms with Crippen LogP contribution in [0.4, 0.5) is 0 Å². The zero-order valence-electron chi connectivity index (χ0n) is 33.7.